The summed E-state index contributed by atoms with van der Waals surface area (Å²) in [7, 11) is 0. The summed E-state index contributed by atoms with van der Waals surface area (Å²) in [6.45, 7) is 12.8. The molecule has 7 rings (SSSR count). The van der Waals surface area contributed by atoms with E-state index in [1.54, 1.807) is 0 Å². The van der Waals surface area contributed by atoms with Crippen molar-refractivity contribution < 1.29 is 0 Å². The molecule has 0 saturated carbocycles. The molecule has 0 atom stereocenters. The summed E-state index contributed by atoms with van der Waals surface area (Å²) in [5, 5.41) is 3.93. The predicted octanol–water partition coefficient (Wildman–Crippen LogP) is 13.3. The Kier molecular flexibility index (Phi) is 9.21. The second-order valence-corrected chi connectivity index (χ2v) is 13.9. The van der Waals surface area contributed by atoms with Crippen LogP contribution in [0.2, 0.25) is 0 Å². The summed E-state index contributed by atoms with van der Waals surface area (Å²) in [5.41, 5.74) is 26.9. The second kappa shape index (κ2) is 14.0. The number of rotatable bonds is 8. The lowest BCUT2D eigenvalue weighted by Gasteiger charge is -2.34. The third kappa shape index (κ3) is 6.89. The largest absolute Gasteiger partial charge is 0.398 e. The predicted molar refractivity (Wildman–Crippen MR) is 220 cm³/mol. The van der Waals surface area contributed by atoms with Gasteiger partial charge in [0, 0.05) is 33.8 Å². The molecule has 0 aliphatic rings. The Morgan fingerprint density at radius 2 is 0.686 bits per heavy atom. The summed E-state index contributed by atoms with van der Waals surface area (Å²) in [5.74, 6) is 0. The van der Waals surface area contributed by atoms with Crippen LogP contribution in [-0.4, -0.2) is 0 Å². The van der Waals surface area contributed by atoms with E-state index in [2.05, 4.69) is 197 Å². The fraction of sp³-hybridized carbons (Fsp3) is 0.125. The molecule has 0 saturated heterocycles. The van der Waals surface area contributed by atoms with E-state index in [1.165, 1.54) is 33.4 Å². The highest BCUT2D eigenvalue weighted by Gasteiger charge is 2.30. The van der Waals surface area contributed by atoms with Crippen LogP contribution in [-0.2, 0) is 0 Å². The van der Waals surface area contributed by atoms with Gasteiger partial charge in [0.25, 0.3) is 0 Å². The van der Waals surface area contributed by atoms with Gasteiger partial charge in [0.1, 0.15) is 0 Å². The van der Waals surface area contributed by atoms with Crippen molar-refractivity contribution in [3.05, 3.63) is 179 Å². The highest BCUT2D eigenvalue weighted by atomic mass is 15.2. The fourth-order valence-electron chi connectivity index (χ4n) is 6.71. The average Bonchev–Trinajstić information content (AvgIpc) is 3.13. The monoisotopic (exact) mass is 663 g/mol. The first-order valence-electron chi connectivity index (χ1n) is 17.6. The van der Waals surface area contributed by atoms with Gasteiger partial charge in [-0.1, -0.05) is 143 Å². The number of aryl methyl sites for hydroxylation is 6. The summed E-state index contributed by atoms with van der Waals surface area (Å²) in [6, 6.07) is 52.5. The van der Waals surface area contributed by atoms with Gasteiger partial charge in [-0.25, -0.2) is 0 Å². The molecule has 51 heavy (non-hydrogen) atoms. The van der Waals surface area contributed by atoms with Crippen LogP contribution in [0.1, 0.15) is 33.4 Å². The van der Waals surface area contributed by atoms with E-state index in [9.17, 15) is 0 Å². The molecule has 0 aliphatic heterocycles. The van der Waals surface area contributed by atoms with Gasteiger partial charge in [-0.2, -0.15) is 0 Å². The molecule has 0 amide bonds. The topological polar surface area (TPSA) is 41.3 Å². The maximum atomic E-state index is 7.65. The van der Waals surface area contributed by atoms with Gasteiger partial charge in [-0.15, -0.1) is 0 Å². The summed E-state index contributed by atoms with van der Waals surface area (Å²) < 4.78 is 0. The second-order valence-electron chi connectivity index (χ2n) is 13.9. The van der Waals surface area contributed by atoms with Crippen molar-refractivity contribution in [2.24, 2.45) is 0 Å². The molecular formula is C48H45N3. The van der Waals surface area contributed by atoms with Gasteiger partial charge >= 0.3 is 0 Å². The van der Waals surface area contributed by atoms with Crippen LogP contribution in [0.15, 0.2) is 146 Å². The van der Waals surface area contributed by atoms with Gasteiger partial charge in [0.05, 0.1) is 17.1 Å². The lowest BCUT2D eigenvalue weighted by atomic mass is 9.85. The molecule has 0 radical (unpaired) electrons. The SMILES string of the molecule is Cc1ccc(Nc2c(-c3ccc(C)cc3)c(N)c(-c3ccc(C)cc3)c(N(c3ccc(C)cc3)c3ccc(C)cc3)c2-c2ccc(C)cc2)cc1. The minimum absolute atomic E-state index is 0.715. The van der Waals surface area contributed by atoms with Crippen LogP contribution in [0.25, 0.3) is 33.4 Å². The molecule has 0 unspecified atom stereocenters. The number of nitrogen functional groups attached to an aromatic ring is 1. The fourth-order valence-corrected chi connectivity index (χ4v) is 6.71. The quantitative estimate of drug-likeness (QED) is 0.159. The Labute approximate surface area is 303 Å². The molecule has 3 N–H and O–H groups in total. The maximum Gasteiger partial charge on any atom is 0.0660 e. The number of nitrogens with zero attached hydrogens (tertiary/aromatic N) is 1. The van der Waals surface area contributed by atoms with E-state index in [1.807, 2.05) is 0 Å². The van der Waals surface area contributed by atoms with Gasteiger partial charge in [-0.05, 0) is 94.6 Å². The first-order chi connectivity index (χ1) is 24.7. The first-order valence-corrected chi connectivity index (χ1v) is 17.6. The van der Waals surface area contributed by atoms with Crippen molar-refractivity contribution in [1.82, 2.24) is 0 Å². The van der Waals surface area contributed by atoms with Crippen molar-refractivity contribution in [3.8, 4) is 33.4 Å². The third-order valence-corrected chi connectivity index (χ3v) is 9.66. The number of hydrogen-bond donors (Lipinski definition) is 2. The van der Waals surface area contributed by atoms with Crippen LogP contribution < -0.4 is 16.0 Å². The minimum Gasteiger partial charge on any atom is -0.398 e. The van der Waals surface area contributed by atoms with Crippen molar-refractivity contribution in [3.63, 3.8) is 0 Å². The first kappa shape index (κ1) is 33.4. The van der Waals surface area contributed by atoms with E-state index in [4.69, 9.17) is 5.73 Å². The number of anilines is 6. The van der Waals surface area contributed by atoms with E-state index in [0.29, 0.717) is 5.69 Å². The molecule has 3 nitrogen and oxygen atoms in total. The lowest BCUT2D eigenvalue weighted by Crippen LogP contribution is -2.16. The van der Waals surface area contributed by atoms with E-state index in [0.717, 1.165) is 61.8 Å². The standard InChI is InChI=1S/C48H45N3/c1-31-7-19-37(20-8-31)43-46(49)44(38-21-9-32(2)10-22-38)48(51(41-27-15-35(5)16-28-41)42-29-17-36(6)18-30-42)45(39-23-11-33(3)12-24-39)47(43)50-40-25-13-34(4)14-26-40/h7-30,50H,49H2,1-6H3. The van der Waals surface area contributed by atoms with Gasteiger partial charge in [-0.3, -0.25) is 0 Å². The van der Waals surface area contributed by atoms with E-state index < -0.39 is 0 Å². The van der Waals surface area contributed by atoms with Crippen LogP contribution in [0.4, 0.5) is 34.1 Å². The highest BCUT2D eigenvalue weighted by molar-refractivity contribution is 6.14. The number of hydrogen-bond acceptors (Lipinski definition) is 3. The molecule has 0 heterocycles. The van der Waals surface area contributed by atoms with E-state index in [-0.39, 0.29) is 0 Å². The maximum absolute atomic E-state index is 7.65. The molecule has 0 aromatic heterocycles. The molecule has 0 bridgehead atoms. The molecular weight excluding hydrogens is 619 g/mol. The van der Waals surface area contributed by atoms with Crippen molar-refractivity contribution in [2.45, 2.75) is 41.5 Å². The summed E-state index contributed by atoms with van der Waals surface area (Å²) in [6.07, 6.45) is 0. The molecule has 3 heteroatoms. The third-order valence-electron chi connectivity index (χ3n) is 9.66. The Morgan fingerprint density at radius 1 is 0.373 bits per heavy atom. The molecule has 0 spiro atoms. The Bertz CT molecular complexity index is 2240. The molecule has 0 fully saturated rings. The van der Waals surface area contributed by atoms with Crippen LogP contribution in [0, 0.1) is 41.5 Å². The zero-order valence-electron chi connectivity index (χ0n) is 30.4. The van der Waals surface area contributed by atoms with Crippen LogP contribution in [0.3, 0.4) is 0 Å². The van der Waals surface area contributed by atoms with Crippen LogP contribution >= 0.6 is 0 Å². The van der Waals surface area contributed by atoms with Crippen molar-refractivity contribution >= 4 is 34.1 Å². The van der Waals surface area contributed by atoms with Crippen LogP contribution in [0.5, 0.6) is 0 Å². The summed E-state index contributed by atoms with van der Waals surface area (Å²) in [4.78, 5) is 2.39. The molecule has 252 valence electrons. The Morgan fingerprint density at radius 3 is 1.08 bits per heavy atom. The number of nitrogens with two attached hydrogens (primary N) is 1. The van der Waals surface area contributed by atoms with Gasteiger partial charge in [0.15, 0.2) is 0 Å². The smallest absolute Gasteiger partial charge is 0.0660 e. The van der Waals surface area contributed by atoms with Gasteiger partial charge < -0.3 is 16.0 Å². The molecule has 0 aliphatic carbocycles. The Hall–Kier alpha value is -6.06. The van der Waals surface area contributed by atoms with Crippen molar-refractivity contribution in [1.29, 1.82) is 0 Å². The average molecular weight is 664 g/mol. The zero-order valence-corrected chi connectivity index (χ0v) is 30.4. The summed E-state index contributed by atoms with van der Waals surface area (Å²) >= 11 is 0. The van der Waals surface area contributed by atoms with Crippen molar-refractivity contribution in [2.75, 3.05) is 16.0 Å². The Balaban J connectivity index is 1.71. The number of benzene rings is 7. The minimum atomic E-state index is 0.715. The normalized spacial score (nSPS) is 11.0. The lowest BCUT2D eigenvalue weighted by molar-refractivity contribution is 1.27. The van der Waals surface area contributed by atoms with E-state index >= 15 is 0 Å². The number of nitrogens with one attached hydrogen (secondary N) is 1. The van der Waals surface area contributed by atoms with Gasteiger partial charge in [0.2, 0.25) is 0 Å². The zero-order chi connectivity index (χ0) is 35.6. The molecule has 7 aromatic carbocycles. The highest BCUT2D eigenvalue weighted by Crippen LogP contribution is 2.57. The molecule has 7 aromatic rings.